The van der Waals surface area contributed by atoms with E-state index in [-0.39, 0.29) is 0 Å². The number of alkyl halides is 1. The smallest absolute Gasteiger partial charge is 0.119 e. The Morgan fingerprint density at radius 3 is 2.47 bits per heavy atom. The van der Waals surface area contributed by atoms with Gasteiger partial charge in [0, 0.05) is 10.9 Å². The third kappa shape index (κ3) is 3.00. The van der Waals surface area contributed by atoms with E-state index < -0.39 is 0 Å². The summed E-state index contributed by atoms with van der Waals surface area (Å²) in [5.41, 5.74) is 3.56. The van der Waals surface area contributed by atoms with E-state index in [1.165, 1.54) is 11.3 Å². The SMILES string of the molecule is CCOc1ccc(-n2ncc(CBr)c2C(C)C)cc1. The molecule has 102 valence electrons. The minimum absolute atomic E-state index is 0.432. The first-order chi connectivity index (χ1) is 9.17. The van der Waals surface area contributed by atoms with E-state index in [9.17, 15) is 0 Å². The van der Waals surface area contributed by atoms with E-state index in [4.69, 9.17) is 4.74 Å². The molecule has 0 bridgehead atoms. The van der Waals surface area contributed by atoms with Gasteiger partial charge in [-0.3, -0.25) is 0 Å². The highest BCUT2D eigenvalue weighted by atomic mass is 79.9. The van der Waals surface area contributed by atoms with Gasteiger partial charge in [-0.1, -0.05) is 29.8 Å². The number of hydrogen-bond donors (Lipinski definition) is 0. The maximum atomic E-state index is 5.46. The summed E-state index contributed by atoms with van der Waals surface area (Å²) in [5, 5.41) is 5.33. The molecule has 0 atom stereocenters. The van der Waals surface area contributed by atoms with Crippen LogP contribution in [0.2, 0.25) is 0 Å². The molecule has 0 saturated carbocycles. The predicted molar refractivity (Wildman–Crippen MR) is 81.5 cm³/mol. The molecule has 0 aliphatic heterocycles. The highest BCUT2D eigenvalue weighted by Gasteiger charge is 2.14. The maximum absolute atomic E-state index is 5.46. The Morgan fingerprint density at radius 1 is 1.26 bits per heavy atom. The normalized spacial score (nSPS) is 11.0. The van der Waals surface area contributed by atoms with E-state index in [1.54, 1.807) is 0 Å². The average molecular weight is 323 g/mol. The fraction of sp³-hybridized carbons (Fsp3) is 0.400. The van der Waals surface area contributed by atoms with Crippen LogP contribution in [0.25, 0.3) is 5.69 Å². The van der Waals surface area contributed by atoms with Crippen molar-refractivity contribution in [3.05, 3.63) is 41.7 Å². The van der Waals surface area contributed by atoms with Gasteiger partial charge < -0.3 is 4.74 Å². The van der Waals surface area contributed by atoms with E-state index in [2.05, 4.69) is 34.9 Å². The highest BCUT2D eigenvalue weighted by Crippen LogP contribution is 2.25. The standard InChI is InChI=1S/C15H19BrN2O/c1-4-19-14-7-5-13(6-8-14)18-15(11(2)3)12(9-16)10-17-18/h5-8,10-11H,4,9H2,1-3H3. The highest BCUT2D eigenvalue weighted by molar-refractivity contribution is 9.08. The summed E-state index contributed by atoms with van der Waals surface area (Å²) >= 11 is 3.52. The molecule has 0 spiro atoms. The van der Waals surface area contributed by atoms with Crippen LogP contribution in [0.5, 0.6) is 5.75 Å². The van der Waals surface area contributed by atoms with Crippen molar-refractivity contribution >= 4 is 15.9 Å². The number of aromatic nitrogens is 2. The lowest BCUT2D eigenvalue weighted by molar-refractivity contribution is 0.340. The zero-order valence-corrected chi connectivity index (χ0v) is 13.1. The summed E-state index contributed by atoms with van der Waals surface area (Å²) in [4.78, 5) is 0. The Bertz CT molecular complexity index is 532. The third-order valence-electron chi connectivity index (χ3n) is 2.97. The summed E-state index contributed by atoms with van der Waals surface area (Å²) in [6.45, 7) is 7.05. The van der Waals surface area contributed by atoms with Crippen molar-refractivity contribution in [3.8, 4) is 11.4 Å². The van der Waals surface area contributed by atoms with Crippen LogP contribution in [0.3, 0.4) is 0 Å². The van der Waals surface area contributed by atoms with Crippen LogP contribution in [-0.2, 0) is 5.33 Å². The van der Waals surface area contributed by atoms with Crippen molar-refractivity contribution in [2.45, 2.75) is 32.0 Å². The number of benzene rings is 1. The van der Waals surface area contributed by atoms with Gasteiger partial charge in [-0.25, -0.2) is 4.68 Å². The Kier molecular flexibility index (Phi) is 4.64. The molecule has 0 saturated heterocycles. The summed E-state index contributed by atoms with van der Waals surface area (Å²) in [6, 6.07) is 8.06. The van der Waals surface area contributed by atoms with Crippen LogP contribution in [0, 0.1) is 0 Å². The zero-order chi connectivity index (χ0) is 13.8. The van der Waals surface area contributed by atoms with Gasteiger partial charge in [-0.15, -0.1) is 0 Å². The molecular formula is C15H19BrN2O. The fourth-order valence-corrected chi connectivity index (χ4v) is 2.60. The van der Waals surface area contributed by atoms with E-state index in [1.807, 2.05) is 42.1 Å². The number of rotatable bonds is 5. The maximum Gasteiger partial charge on any atom is 0.119 e. The Labute approximate surface area is 122 Å². The van der Waals surface area contributed by atoms with Crippen molar-refractivity contribution in [3.63, 3.8) is 0 Å². The van der Waals surface area contributed by atoms with E-state index >= 15 is 0 Å². The van der Waals surface area contributed by atoms with Gasteiger partial charge >= 0.3 is 0 Å². The van der Waals surface area contributed by atoms with Gasteiger partial charge in [0.25, 0.3) is 0 Å². The van der Waals surface area contributed by atoms with Crippen LogP contribution >= 0.6 is 15.9 Å². The minimum atomic E-state index is 0.432. The van der Waals surface area contributed by atoms with Crippen molar-refractivity contribution in [2.75, 3.05) is 6.61 Å². The molecule has 2 rings (SSSR count). The van der Waals surface area contributed by atoms with Crippen LogP contribution in [0.4, 0.5) is 0 Å². The fourth-order valence-electron chi connectivity index (χ4n) is 2.17. The largest absolute Gasteiger partial charge is 0.494 e. The van der Waals surface area contributed by atoms with Gasteiger partial charge in [0.2, 0.25) is 0 Å². The molecule has 4 heteroatoms. The Hall–Kier alpha value is -1.29. The van der Waals surface area contributed by atoms with E-state index in [0.717, 1.165) is 16.8 Å². The molecule has 0 aliphatic carbocycles. The molecule has 2 aromatic rings. The molecule has 0 N–H and O–H groups in total. The third-order valence-corrected chi connectivity index (χ3v) is 3.57. The molecule has 0 fully saturated rings. The summed E-state index contributed by atoms with van der Waals surface area (Å²) in [5.74, 6) is 1.33. The van der Waals surface area contributed by atoms with Crippen molar-refractivity contribution in [1.29, 1.82) is 0 Å². The Balaban J connectivity index is 2.38. The second-order valence-electron chi connectivity index (χ2n) is 4.68. The zero-order valence-electron chi connectivity index (χ0n) is 11.6. The average Bonchev–Trinajstić information content (AvgIpc) is 2.84. The lowest BCUT2D eigenvalue weighted by atomic mass is 10.1. The van der Waals surface area contributed by atoms with Gasteiger partial charge in [0.05, 0.1) is 24.2 Å². The number of hydrogen-bond acceptors (Lipinski definition) is 2. The molecule has 1 aromatic carbocycles. The van der Waals surface area contributed by atoms with Gasteiger partial charge in [-0.05, 0) is 37.1 Å². The van der Waals surface area contributed by atoms with Crippen LogP contribution in [0.15, 0.2) is 30.5 Å². The van der Waals surface area contributed by atoms with Crippen molar-refractivity contribution in [1.82, 2.24) is 9.78 Å². The molecule has 19 heavy (non-hydrogen) atoms. The van der Waals surface area contributed by atoms with Gasteiger partial charge in [0.1, 0.15) is 5.75 Å². The van der Waals surface area contributed by atoms with Crippen LogP contribution in [-0.4, -0.2) is 16.4 Å². The van der Waals surface area contributed by atoms with Crippen LogP contribution < -0.4 is 4.74 Å². The first kappa shape index (κ1) is 14.1. The summed E-state index contributed by atoms with van der Waals surface area (Å²) in [7, 11) is 0. The number of halogens is 1. The molecule has 0 amide bonds. The lowest BCUT2D eigenvalue weighted by Gasteiger charge is -2.12. The number of ether oxygens (including phenoxy) is 1. The van der Waals surface area contributed by atoms with Gasteiger partial charge in [-0.2, -0.15) is 5.10 Å². The first-order valence-electron chi connectivity index (χ1n) is 6.53. The summed E-state index contributed by atoms with van der Waals surface area (Å²) < 4.78 is 7.47. The second-order valence-corrected chi connectivity index (χ2v) is 5.24. The summed E-state index contributed by atoms with van der Waals surface area (Å²) in [6.07, 6.45) is 1.93. The molecular weight excluding hydrogens is 304 g/mol. The van der Waals surface area contributed by atoms with Crippen molar-refractivity contribution < 1.29 is 4.74 Å². The predicted octanol–water partition coefficient (Wildman–Crippen LogP) is 4.29. The monoisotopic (exact) mass is 322 g/mol. The molecule has 1 aromatic heterocycles. The minimum Gasteiger partial charge on any atom is -0.494 e. The molecule has 3 nitrogen and oxygen atoms in total. The first-order valence-corrected chi connectivity index (χ1v) is 7.65. The van der Waals surface area contributed by atoms with Crippen LogP contribution in [0.1, 0.15) is 37.9 Å². The topological polar surface area (TPSA) is 27.1 Å². The molecule has 0 radical (unpaired) electrons. The quantitative estimate of drug-likeness (QED) is 0.768. The second kappa shape index (κ2) is 6.24. The number of nitrogens with zero attached hydrogens (tertiary/aromatic N) is 2. The molecule has 1 heterocycles. The molecule has 0 unspecified atom stereocenters. The van der Waals surface area contributed by atoms with E-state index in [0.29, 0.717) is 12.5 Å². The van der Waals surface area contributed by atoms with Crippen molar-refractivity contribution in [2.24, 2.45) is 0 Å². The Morgan fingerprint density at radius 2 is 1.95 bits per heavy atom. The lowest BCUT2D eigenvalue weighted by Crippen LogP contribution is -2.05. The molecule has 0 aliphatic rings. The van der Waals surface area contributed by atoms with Gasteiger partial charge in [0.15, 0.2) is 0 Å².